The zero-order valence-electron chi connectivity index (χ0n) is 14.8. The first-order valence-corrected chi connectivity index (χ1v) is 8.75. The molecule has 2 aromatic carbocycles. The van der Waals surface area contributed by atoms with Crippen molar-refractivity contribution < 1.29 is 19.2 Å². The number of rotatable bonds is 6. The number of azo groups is 1. The van der Waals surface area contributed by atoms with Crippen LogP contribution in [0.15, 0.2) is 46.6 Å². The minimum Gasteiger partial charge on any atom is -0.497 e. The van der Waals surface area contributed by atoms with Crippen LogP contribution in [0, 0.1) is 6.92 Å². The second kappa shape index (κ2) is 7.79. The Morgan fingerprint density at radius 2 is 2.04 bits per heavy atom. The summed E-state index contributed by atoms with van der Waals surface area (Å²) in [5.74, 6) is -0.271. The van der Waals surface area contributed by atoms with Crippen molar-refractivity contribution >= 4 is 60.0 Å². The van der Waals surface area contributed by atoms with E-state index in [1.54, 1.807) is 35.9 Å². The van der Waals surface area contributed by atoms with E-state index in [4.69, 9.17) is 20.7 Å². The van der Waals surface area contributed by atoms with Gasteiger partial charge in [-0.25, -0.2) is 9.36 Å². The smallest absolute Gasteiger partial charge is 0.410 e. The standard InChI is InChI=1S/C17H14B2N4O3S/c1-10-7-11(23(18)19)3-5-13(10)20-21-17-22(9-16(24)25)14-6-4-12(26-2)8-15(14)27-17/h3-8H,9H2,1-2H3/p+1. The molecule has 0 aliphatic carbocycles. The van der Waals surface area contributed by atoms with E-state index in [9.17, 15) is 9.90 Å². The van der Waals surface area contributed by atoms with Gasteiger partial charge in [0.25, 0.3) is 0 Å². The molecule has 4 radical (unpaired) electrons. The number of aliphatic carboxylic acids is 1. The fourth-order valence-electron chi connectivity index (χ4n) is 2.55. The largest absolute Gasteiger partial charge is 0.497 e. The van der Waals surface area contributed by atoms with Gasteiger partial charge in [-0.3, -0.25) is 0 Å². The van der Waals surface area contributed by atoms with Crippen LogP contribution in [0.4, 0.5) is 16.5 Å². The number of hydrogen-bond donors (Lipinski definition) is 1. The van der Waals surface area contributed by atoms with Crippen LogP contribution in [-0.2, 0) is 11.3 Å². The third-order valence-electron chi connectivity index (χ3n) is 3.91. The Kier molecular flexibility index (Phi) is 5.46. The molecule has 0 saturated heterocycles. The van der Waals surface area contributed by atoms with Gasteiger partial charge in [-0.05, 0) is 59.3 Å². The normalized spacial score (nSPS) is 11.2. The van der Waals surface area contributed by atoms with Gasteiger partial charge in [0.1, 0.15) is 17.0 Å². The summed E-state index contributed by atoms with van der Waals surface area (Å²) in [5.41, 5.74) is 2.87. The van der Waals surface area contributed by atoms with Crippen LogP contribution in [0.25, 0.3) is 10.2 Å². The third-order valence-corrected chi connectivity index (χ3v) is 4.94. The van der Waals surface area contributed by atoms with E-state index in [0.29, 0.717) is 22.3 Å². The average Bonchev–Trinajstić information content (AvgIpc) is 2.96. The van der Waals surface area contributed by atoms with Crippen LogP contribution in [0.2, 0.25) is 0 Å². The molecule has 3 rings (SSSR count). The summed E-state index contributed by atoms with van der Waals surface area (Å²) >= 11 is 1.34. The quantitative estimate of drug-likeness (QED) is 0.407. The van der Waals surface area contributed by atoms with Crippen molar-refractivity contribution in [3.8, 4) is 5.75 Å². The molecule has 0 bridgehead atoms. The maximum Gasteiger partial charge on any atom is 0.410 e. The van der Waals surface area contributed by atoms with Crippen LogP contribution < -0.4 is 14.0 Å². The lowest BCUT2D eigenvalue weighted by molar-refractivity contribution is -0.643. The van der Waals surface area contributed by atoms with Crippen molar-refractivity contribution in [2.45, 2.75) is 13.5 Å². The van der Waals surface area contributed by atoms with Crippen molar-refractivity contribution in [2.75, 3.05) is 11.8 Å². The number of hydrogen-bond acceptors (Lipinski definition) is 6. The van der Waals surface area contributed by atoms with Gasteiger partial charge in [0.2, 0.25) is 16.0 Å². The van der Waals surface area contributed by atoms with Gasteiger partial charge in [-0.1, -0.05) is 0 Å². The summed E-state index contributed by atoms with van der Waals surface area (Å²) in [6.45, 7) is 1.65. The molecule has 27 heavy (non-hydrogen) atoms. The van der Waals surface area contributed by atoms with Crippen LogP contribution in [0.3, 0.4) is 0 Å². The highest BCUT2D eigenvalue weighted by atomic mass is 32.1. The predicted octanol–water partition coefficient (Wildman–Crippen LogP) is 2.98. The lowest BCUT2D eigenvalue weighted by Gasteiger charge is -2.14. The van der Waals surface area contributed by atoms with Gasteiger partial charge in [0, 0.05) is 11.8 Å². The SMILES string of the molecule is [B]N([B])c1ccc(N=Nc2sc3cc(OC)ccc3[n+]2CC(=O)O)c(C)c1. The van der Waals surface area contributed by atoms with E-state index < -0.39 is 5.97 Å². The fourth-order valence-corrected chi connectivity index (χ4v) is 3.56. The molecule has 0 aliphatic heterocycles. The van der Waals surface area contributed by atoms with E-state index in [-0.39, 0.29) is 6.54 Å². The monoisotopic (exact) mass is 377 g/mol. The Hall–Kier alpha value is -2.87. The van der Waals surface area contributed by atoms with E-state index in [2.05, 4.69) is 10.2 Å². The average molecular weight is 377 g/mol. The van der Waals surface area contributed by atoms with Crippen LogP contribution in [-0.4, -0.2) is 34.1 Å². The van der Waals surface area contributed by atoms with Gasteiger partial charge in [0.15, 0.2) is 6.54 Å². The molecular formula is C17H15B2N4O3S+. The van der Waals surface area contributed by atoms with Crippen molar-refractivity contribution in [1.82, 2.24) is 0 Å². The molecule has 1 N–H and O–H groups in total. The molecule has 0 unspecified atom stereocenters. The predicted molar refractivity (Wildman–Crippen MR) is 106 cm³/mol. The number of carboxylic acid groups (broad SMARTS) is 1. The second-order valence-corrected chi connectivity index (χ2v) is 6.79. The zero-order valence-corrected chi connectivity index (χ0v) is 15.6. The van der Waals surface area contributed by atoms with Crippen LogP contribution in [0.1, 0.15) is 5.56 Å². The molecule has 0 fully saturated rings. The molecule has 0 saturated carbocycles. The number of carbonyl (C=O) groups is 1. The van der Waals surface area contributed by atoms with Gasteiger partial charge < -0.3 is 14.6 Å². The Labute approximate surface area is 162 Å². The van der Waals surface area contributed by atoms with Gasteiger partial charge >= 0.3 is 11.1 Å². The number of aromatic nitrogens is 1. The molecule has 3 aromatic rings. The molecule has 7 nitrogen and oxygen atoms in total. The summed E-state index contributed by atoms with van der Waals surface area (Å²) in [7, 11) is 12.6. The summed E-state index contributed by atoms with van der Waals surface area (Å²) < 4.78 is 8.72. The molecule has 132 valence electrons. The summed E-state index contributed by atoms with van der Waals surface area (Å²) in [6, 6.07) is 10.7. The lowest BCUT2D eigenvalue weighted by atomic mass is 10.1. The van der Waals surface area contributed by atoms with Crippen molar-refractivity contribution in [2.24, 2.45) is 10.2 Å². The highest BCUT2D eigenvalue weighted by Crippen LogP contribution is 2.31. The number of carboxylic acids is 1. The van der Waals surface area contributed by atoms with Crippen LogP contribution >= 0.6 is 11.3 Å². The molecule has 0 spiro atoms. The molecule has 1 heterocycles. The highest BCUT2D eigenvalue weighted by Gasteiger charge is 2.22. The number of ether oxygens (including phenoxy) is 1. The Morgan fingerprint density at radius 3 is 2.67 bits per heavy atom. The minimum atomic E-state index is -0.960. The maximum absolute atomic E-state index is 11.3. The highest BCUT2D eigenvalue weighted by molar-refractivity contribution is 7.21. The number of anilines is 1. The van der Waals surface area contributed by atoms with Gasteiger partial charge in [-0.2, -0.15) is 0 Å². The summed E-state index contributed by atoms with van der Waals surface area (Å²) in [6.07, 6.45) is 0. The summed E-state index contributed by atoms with van der Waals surface area (Å²) in [5, 5.41) is 18.3. The lowest BCUT2D eigenvalue weighted by Crippen LogP contribution is -2.36. The van der Waals surface area contributed by atoms with Crippen LogP contribution in [0.5, 0.6) is 5.75 Å². The first-order valence-electron chi connectivity index (χ1n) is 7.93. The topological polar surface area (TPSA) is 78.4 Å². The Morgan fingerprint density at radius 1 is 1.26 bits per heavy atom. The zero-order chi connectivity index (χ0) is 19.6. The number of methoxy groups -OCH3 is 1. The number of nitrogens with zero attached hydrogens (tertiary/aromatic N) is 4. The number of thiazole rings is 1. The second-order valence-electron chi connectivity index (χ2n) is 5.78. The minimum absolute atomic E-state index is 0.214. The molecule has 0 aliphatic rings. The van der Waals surface area contributed by atoms with E-state index in [0.717, 1.165) is 20.5 Å². The van der Waals surface area contributed by atoms with E-state index in [1.807, 2.05) is 19.1 Å². The molecule has 1 aromatic heterocycles. The molecule has 0 amide bonds. The van der Waals surface area contributed by atoms with Gasteiger partial charge in [-0.15, -0.1) is 0 Å². The first-order chi connectivity index (χ1) is 12.9. The number of fused-ring (bicyclic) bond motifs is 1. The molecule has 10 heteroatoms. The number of aryl methyl sites for hydroxylation is 1. The molecular weight excluding hydrogens is 362 g/mol. The summed E-state index contributed by atoms with van der Waals surface area (Å²) in [4.78, 5) is 11.3. The fraction of sp³-hybridized carbons (Fsp3) is 0.176. The third kappa shape index (κ3) is 4.11. The Bertz CT molecular complexity index is 1040. The number of benzene rings is 2. The van der Waals surface area contributed by atoms with Crippen molar-refractivity contribution in [3.05, 3.63) is 42.0 Å². The maximum atomic E-state index is 11.3. The Balaban J connectivity index is 2.02. The van der Waals surface area contributed by atoms with Gasteiger partial charge in [0.05, 0.1) is 16.9 Å². The van der Waals surface area contributed by atoms with E-state index in [1.165, 1.54) is 11.3 Å². The van der Waals surface area contributed by atoms with E-state index >= 15 is 0 Å². The molecule has 0 atom stereocenters. The first kappa shape index (κ1) is 18.9. The van der Waals surface area contributed by atoms with Crippen molar-refractivity contribution in [1.29, 1.82) is 0 Å². The van der Waals surface area contributed by atoms with Crippen molar-refractivity contribution in [3.63, 3.8) is 0 Å².